The second-order valence-corrected chi connectivity index (χ2v) is 3.73. The Morgan fingerprint density at radius 1 is 1.50 bits per heavy atom. The van der Waals surface area contributed by atoms with Gasteiger partial charge in [-0.1, -0.05) is 5.21 Å². The maximum atomic E-state index is 9.15. The third-order valence-corrected chi connectivity index (χ3v) is 2.32. The van der Waals surface area contributed by atoms with Gasteiger partial charge in [0.2, 0.25) is 0 Å². The SMILES string of the molecule is CC(O)CCCn1nnc2c(N)ncnc21. The molecular weight excluding hydrogens is 208 g/mol. The average molecular weight is 222 g/mol. The Kier molecular flexibility index (Phi) is 2.95. The van der Waals surface area contributed by atoms with Crippen LogP contribution >= 0.6 is 0 Å². The molecule has 2 heterocycles. The molecular formula is C9H14N6O. The Morgan fingerprint density at radius 2 is 2.31 bits per heavy atom. The number of rotatable bonds is 4. The van der Waals surface area contributed by atoms with E-state index in [9.17, 15) is 0 Å². The van der Waals surface area contributed by atoms with Crippen molar-refractivity contribution in [1.29, 1.82) is 0 Å². The third-order valence-electron chi connectivity index (χ3n) is 2.32. The minimum absolute atomic E-state index is 0.297. The van der Waals surface area contributed by atoms with Gasteiger partial charge in [-0.3, -0.25) is 0 Å². The van der Waals surface area contributed by atoms with E-state index in [1.54, 1.807) is 11.6 Å². The quantitative estimate of drug-likeness (QED) is 0.752. The van der Waals surface area contributed by atoms with Crippen LogP contribution < -0.4 is 5.73 Å². The minimum atomic E-state index is -0.297. The van der Waals surface area contributed by atoms with Crippen LogP contribution in [0.2, 0.25) is 0 Å². The number of aliphatic hydroxyl groups excluding tert-OH is 1. The number of aryl methyl sites for hydroxylation is 1. The number of hydrogen-bond acceptors (Lipinski definition) is 6. The molecule has 0 radical (unpaired) electrons. The van der Waals surface area contributed by atoms with Crippen LogP contribution in [0.5, 0.6) is 0 Å². The molecule has 7 nitrogen and oxygen atoms in total. The van der Waals surface area contributed by atoms with Crippen molar-refractivity contribution < 1.29 is 5.11 Å². The van der Waals surface area contributed by atoms with E-state index in [0.717, 1.165) is 12.8 Å². The molecule has 2 aromatic heterocycles. The van der Waals surface area contributed by atoms with Crippen LogP contribution in [0.15, 0.2) is 6.33 Å². The van der Waals surface area contributed by atoms with Gasteiger partial charge in [-0.25, -0.2) is 14.6 Å². The number of aromatic nitrogens is 5. The zero-order valence-corrected chi connectivity index (χ0v) is 9.04. The van der Waals surface area contributed by atoms with Crippen molar-refractivity contribution in [3.63, 3.8) is 0 Å². The summed E-state index contributed by atoms with van der Waals surface area (Å²) in [7, 11) is 0. The summed E-state index contributed by atoms with van der Waals surface area (Å²) in [6.45, 7) is 2.43. The number of aliphatic hydroxyl groups is 1. The molecule has 0 aliphatic rings. The van der Waals surface area contributed by atoms with E-state index in [4.69, 9.17) is 10.8 Å². The van der Waals surface area contributed by atoms with Crippen LogP contribution in [0.4, 0.5) is 5.82 Å². The lowest BCUT2D eigenvalue weighted by atomic mass is 10.2. The Balaban J connectivity index is 2.16. The fraction of sp³-hybridized carbons (Fsp3) is 0.556. The highest BCUT2D eigenvalue weighted by Gasteiger charge is 2.09. The summed E-state index contributed by atoms with van der Waals surface area (Å²) in [5.74, 6) is 0.340. The summed E-state index contributed by atoms with van der Waals surface area (Å²) in [4.78, 5) is 7.92. The van der Waals surface area contributed by atoms with E-state index in [-0.39, 0.29) is 6.10 Å². The summed E-state index contributed by atoms with van der Waals surface area (Å²) < 4.78 is 1.68. The van der Waals surface area contributed by atoms with E-state index >= 15 is 0 Å². The first-order valence-corrected chi connectivity index (χ1v) is 5.16. The Morgan fingerprint density at radius 3 is 3.06 bits per heavy atom. The zero-order valence-electron chi connectivity index (χ0n) is 9.04. The van der Waals surface area contributed by atoms with Crippen molar-refractivity contribution in [3.05, 3.63) is 6.33 Å². The number of nitrogens with two attached hydrogens (primary N) is 1. The molecule has 1 atom stereocenters. The molecule has 1 unspecified atom stereocenters. The van der Waals surface area contributed by atoms with Crippen molar-refractivity contribution in [2.24, 2.45) is 0 Å². The predicted molar refractivity (Wildman–Crippen MR) is 58.4 cm³/mol. The van der Waals surface area contributed by atoms with Gasteiger partial charge in [0.25, 0.3) is 0 Å². The van der Waals surface area contributed by atoms with Crippen molar-refractivity contribution in [2.45, 2.75) is 32.4 Å². The third kappa shape index (κ3) is 2.08. The zero-order chi connectivity index (χ0) is 11.5. The number of hydrogen-bond donors (Lipinski definition) is 2. The monoisotopic (exact) mass is 222 g/mol. The van der Waals surface area contributed by atoms with E-state index in [2.05, 4.69) is 20.3 Å². The Bertz CT molecular complexity index is 480. The number of nitrogen functional groups attached to an aromatic ring is 1. The van der Waals surface area contributed by atoms with Gasteiger partial charge in [-0.2, -0.15) is 0 Å². The molecule has 2 aromatic rings. The largest absolute Gasteiger partial charge is 0.393 e. The first-order chi connectivity index (χ1) is 7.68. The molecule has 0 aliphatic heterocycles. The van der Waals surface area contributed by atoms with Crippen LogP contribution in [0.1, 0.15) is 19.8 Å². The van der Waals surface area contributed by atoms with E-state index in [0.29, 0.717) is 23.5 Å². The van der Waals surface area contributed by atoms with Gasteiger partial charge in [-0.05, 0) is 19.8 Å². The molecule has 0 aliphatic carbocycles. The molecule has 16 heavy (non-hydrogen) atoms. The van der Waals surface area contributed by atoms with Gasteiger partial charge >= 0.3 is 0 Å². The molecule has 0 saturated heterocycles. The fourth-order valence-corrected chi connectivity index (χ4v) is 1.50. The molecule has 0 fully saturated rings. The molecule has 86 valence electrons. The molecule has 0 bridgehead atoms. The van der Waals surface area contributed by atoms with Crippen LogP contribution in [-0.2, 0) is 6.54 Å². The highest BCUT2D eigenvalue weighted by atomic mass is 16.3. The molecule has 0 amide bonds. The topological polar surface area (TPSA) is 103 Å². The highest BCUT2D eigenvalue weighted by molar-refractivity contribution is 5.80. The number of nitrogens with zero attached hydrogens (tertiary/aromatic N) is 5. The van der Waals surface area contributed by atoms with Crippen molar-refractivity contribution in [3.8, 4) is 0 Å². The first-order valence-electron chi connectivity index (χ1n) is 5.16. The first kappa shape index (κ1) is 10.7. The van der Waals surface area contributed by atoms with Crippen LogP contribution in [-0.4, -0.2) is 36.2 Å². The predicted octanol–water partition coefficient (Wildman–Crippen LogP) is -0.0355. The van der Waals surface area contributed by atoms with Crippen molar-refractivity contribution >= 4 is 17.0 Å². The normalized spacial score (nSPS) is 13.1. The smallest absolute Gasteiger partial charge is 0.183 e. The number of anilines is 1. The fourth-order valence-electron chi connectivity index (χ4n) is 1.50. The highest BCUT2D eigenvalue weighted by Crippen LogP contribution is 2.12. The molecule has 7 heteroatoms. The van der Waals surface area contributed by atoms with Crippen molar-refractivity contribution in [2.75, 3.05) is 5.73 Å². The summed E-state index contributed by atoms with van der Waals surface area (Å²) >= 11 is 0. The van der Waals surface area contributed by atoms with Crippen molar-refractivity contribution in [1.82, 2.24) is 25.0 Å². The Labute approximate surface area is 92.3 Å². The van der Waals surface area contributed by atoms with Crippen LogP contribution in [0, 0.1) is 0 Å². The second-order valence-electron chi connectivity index (χ2n) is 3.73. The summed E-state index contributed by atoms with van der Waals surface area (Å²) in [5, 5.41) is 17.0. The summed E-state index contributed by atoms with van der Waals surface area (Å²) in [5.41, 5.74) is 6.80. The van der Waals surface area contributed by atoms with Gasteiger partial charge < -0.3 is 10.8 Å². The summed E-state index contributed by atoms with van der Waals surface area (Å²) in [6, 6.07) is 0. The van der Waals surface area contributed by atoms with Gasteiger partial charge in [0.05, 0.1) is 6.10 Å². The van der Waals surface area contributed by atoms with E-state index in [1.165, 1.54) is 6.33 Å². The maximum absolute atomic E-state index is 9.15. The molecule has 3 N–H and O–H groups in total. The van der Waals surface area contributed by atoms with Gasteiger partial charge in [0.15, 0.2) is 17.0 Å². The lowest BCUT2D eigenvalue weighted by Crippen LogP contribution is -2.06. The minimum Gasteiger partial charge on any atom is -0.393 e. The molecule has 2 rings (SSSR count). The lowest BCUT2D eigenvalue weighted by Gasteiger charge is -2.03. The van der Waals surface area contributed by atoms with E-state index < -0.39 is 0 Å². The number of fused-ring (bicyclic) bond motifs is 1. The lowest BCUT2D eigenvalue weighted by molar-refractivity contribution is 0.179. The van der Waals surface area contributed by atoms with Gasteiger partial charge in [-0.15, -0.1) is 5.10 Å². The molecule has 0 saturated carbocycles. The second kappa shape index (κ2) is 4.40. The summed E-state index contributed by atoms with van der Waals surface area (Å²) in [6.07, 6.45) is 2.64. The van der Waals surface area contributed by atoms with Gasteiger partial charge in [0, 0.05) is 6.54 Å². The van der Waals surface area contributed by atoms with Crippen LogP contribution in [0.25, 0.3) is 11.2 Å². The standard InChI is InChI=1S/C9H14N6O/c1-6(16)3-2-4-15-9-7(13-14-15)8(10)11-5-12-9/h5-6,16H,2-4H2,1H3,(H2,10,11,12). The van der Waals surface area contributed by atoms with Crippen LogP contribution in [0.3, 0.4) is 0 Å². The molecule has 0 aromatic carbocycles. The maximum Gasteiger partial charge on any atom is 0.183 e. The van der Waals surface area contributed by atoms with Gasteiger partial charge in [0.1, 0.15) is 6.33 Å². The Hall–Kier alpha value is -1.76. The van der Waals surface area contributed by atoms with E-state index in [1.807, 2.05) is 0 Å². The molecule has 0 spiro atoms. The average Bonchev–Trinajstić information content (AvgIpc) is 2.63.